The molecule has 0 aromatic carbocycles. The monoisotopic (exact) mass is 283 g/mol. The molecule has 3 nitrogen and oxygen atoms in total. The maximum absolute atomic E-state index is 4.62. The minimum Gasteiger partial charge on any atom is -0.315 e. The molecular weight excluding hydrogens is 254 g/mol. The topological polar surface area (TPSA) is 28.2 Å². The third-order valence-electron chi connectivity index (χ3n) is 4.35. The normalized spacial score (nSPS) is 16.6. The van der Waals surface area contributed by atoms with Crippen LogP contribution in [0.1, 0.15) is 44.8 Å². The summed E-state index contributed by atoms with van der Waals surface area (Å²) in [6.07, 6.45) is 2.15. The molecule has 0 aliphatic rings. The standard InChI is InChI=1S/C15H29N3S/c1-7-15(5,18(8-2)9-3)13(16-6)10-14-17-12(4)11-19-14/h11,13,16H,7-10H2,1-6H3. The van der Waals surface area contributed by atoms with Gasteiger partial charge in [0.05, 0.1) is 5.01 Å². The van der Waals surface area contributed by atoms with Crippen molar-refractivity contribution in [1.29, 1.82) is 0 Å². The first-order chi connectivity index (χ1) is 9.01. The van der Waals surface area contributed by atoms with E-state index in [4.69, 9.17) is 0 Å². The zero-order valence-corrected chi connectivity index (χ0v) is 14.1. The minimum absolute atomic E-state index is 0.178. The van der Waals surface area contributed by atoms with Crippen LogP contribution >= 0.6 is 11.3 Å². The Kier molecular flexibility index (Phi) is 6.43. The van der Waals surface area contributed by atoms with Crippen molar-refractivity contribution < 1.29 is 0 Å². The smallest absolute Gasteiger partial charge is 0.0944 e. The van der Waals surface area contributed by atoms with E-state index in [0.29, 0.717) is 6.04 Å². The number of rotatable bonds is 8. The molecule has 1 rings (SSSR count). The lowest BCUT2D eigenvalue weighted by atomic mass is 9.85. The van der Waals surface area contributed by atoms with Gasteiger partial charge in [0.1, 0.15) is 0 Å². The number of nitrogens with zero attached hydrogens (tertiary/aromatic N) is 2. The van der Waals surface area contributed by atoms with Crippen LogP contribution in [0, 0.1) is 6.92 Å². The number of aromatic nitrogens is 1. The van der Waals surface area contributed by atoms with Crippen molar-refractivity contribution in [2.45, 2.75) is 59.0 Å². The molecule has 2 unspecified atom stereocenters. The summed E-state index contributed by atoms with van der Waals surface area (Å²) >= 11 is 1.78. The fourth-order valence-electron chi connectivity index (χ4n) is 2.94. The average molecular weight is 283 g/mol. The number of thiazole rings is 1. The van der Waals surface area contributed by atoms with Gasteiger partial charge in [0.15, 0.2) is 0 Å². The van der Waals surface area contributed by atoms with Crippen molar-refractivity contribution in [2.75, 3.05) is 20.1 Å². The van der Waals surface area contributed by atoms with Gasteiger partial charge in [0.25, 0.3) is 0 Å². The van der Waals surface area contributed by atoms with E-state index in [1.54, 1.807) is 11.3 Å². The highest BCUT2D eigenvalue weighted by Crippen LogP contribution is 2.26. The Morgan fingerprint density at radius 1 is 1.37 bits per heavy atom. The van der Waals surface area contributed by atoms with Gasteiger partial charge in [-0.25, -0.2) is 4.98 Å². The van der Waals surface area contributed by atoms with E-state index in [-0.39, 0.29) is 5.54 Å². The molecule has 0 amide bonds. The molecule has 0 saturated heterocycles. The van der Waals surface area contributed by atoms with E-state index in [2.05, 4.69) is 62.2 Å². The Balaban J connectivity index is 2.91. The second-order valence-electron chi connectivity index (χ2n) is 5.31. The van der Waals surface area contributed by atoms with Gasteiger partial charge in [-0.1, -0.05) is 20.8 Å². The van der Waals surface area contributed by atoms with Crippen LogP contribution in [0.4, 0.5) is 0 Å². The molecule has 1 aromatic rings. The number of aryl methyl sites for hydroxylation is 1. The maximum Gasteiger partial charge on any atom is 0.0944 e. The zero-order valence-electron chi connectivity index (χ0n) is 13.3. The summed E-state index contributed by atoms with van der Waals surface area (Å²) in [7, 11) is 2.07. The predicted molar refractivity (Wildman–Crippen MR) is 85.0 cm³/mol. The van der Waals surface area contributed by atoms with Crippen LogP contribution in [0.2, 0.25) is 0 Å². The van der Waals surface area contributed by atoms with Gasteiger partial charge in [0, 0.05) is 29.1 Å². The van der Waals surface area contributed by atoms with E-state index < -0.39 is 0 Å². The predicted octanol–water partition coefficient (Wildman–Crippen LogP) is 3.09. The van der Waals surface area contributed by atoms with E-state index in [9.17, 15) is 0 Å². The zero-order chi connectivity index (χ0) is 14.5. The van der Waals surface area contributed by atoms with Gasteiger partial charge in [-0.15, -0.1) is 11.3 Å². The number of hydrogen-bond donors (Lipinski definition) is 1. The molecule has 2 atom stereocenters. The molecule has 0 aliphatic carbocycles. The van der Waals surface area contributed by atoms with Gasteiger partial charge < -0.3 is 5.32 Å². The lowest BCUT2D eigenvalue weighted by Gasteiger charge is -2.45. The van der Waals surface area contributed by atoms with Crippen molar-refractivity contribution in [3.63, 3.8) is 0 Å². The van der Waals surface area contributed by atoms with Crippen LogP contribution in [0.5, 0.6) is 0 Å². The van der Waals surface area contributed by atoms with Crippen molar-refractivity contribution in [2.24, 2.45) is 0 Å². The third kappa shape index (κ3) is 3.77. The lowest BCUT2D eigenvalue weighted by Crippen LogP contribution is -2.59. The maximum atomic E-state index is 4.62. The summed E-state index contributed by atoms with van der Waals surface area (Å²) in [5.74, 6) is 0. The van der Waals surface area contributed by atoms with E-state index in [1.165, 1.54) is 5.01 Å². The molecule has 0 spiro atoms. The van der Waals surface area contributed by atoms with Crippen molar-refractivity contribution in [3.8, 4) is 0 Å². The van der Waals surface area contributed by atoms with Gasteiger partial charge in [-0.3, -0.25) is 4.90 Å². The quantitative estimate of drug-likeness (QED) is 0.794. The summed E-state index contributed by atoms with van der Waals surface area (Å²) in [6.45, 7) is 13.4. The first kappa shape index (κ1) is 16.6. The summed E-state index contributed by atoms with van der Waals surface area (Å²) in [5, 5.41) is 6.91. The van der Waals surface area contributed by atoms with E-state index in [0.717, 1.165) is 31.6 Å². The van der Waals surface area contributed by atoms with Crippen molar-refractivity contribution in [3.05, 3.63) is 16.1 Å². The largest absolute Gasteiger partial charge is 0.315 e. The van der Waals surface area contributed by atoms with Crippen LogP contribution in [0.3, 0.4) is 0 Å². The highest BCUT2D eigenvalue weighted by molar-refractivity contribution is 7.09. The minimum atomic E-state index is 0.178. The van der Waals surface area contributed by atoms with Gasteiger partial charge in [-0.05, 0) is 40.4 Å². The van der Waals surface area contributed by atoms with Crippen LogP contribution in [-0.2, 0) is 6.42 Å². The lowest BCUT2D eigenvalue weighted by molar-refractivity contribution is 0.0730. The molecule has 0 radical (unpaired) electrons. The van der Waals surface area contributed by atoms with Crippen LogP contribution < -0.4 is 5.32 Å². The second-order valence-corrected chi connectivity index (χ2v) is 6.25. The van der Waals surface area contributed by atoms with Crippen molar-refractivity contribution in [1.82, 2.24) is 15.2 Å². The molecule has 1 heterocycles. The highest BCUT2D eigenvalue weighted by Gasteiger charge is 2.36. The number of likely N-dealkylation sites (N-methyl/N-ethyl adjacent to an activating group) is 2. The fourth-order valence-corrected chi connectivity index (χ4v) is 3.76. The van der Waals surface area contributed by atoms with Gasteiger partial charge in [-0.2, -0.15) is 0 Å². The van der Waals surface area contributed by atoms with Gasteiger partial charge in [0.2, 0.25) is 0 Å². The third-order valence-corrected chi connectivity index (χ3v) is 5.34. The molecule has 110 valence electrons. The Hall–Kier alpha value is -0.450. The number of hydrogen-bond acceptors (Lipinski definition) is 4. The van der Waals surface area contributed by atoms with Crippen LogP contribution in [-0.4, -0.2) is 41.6 Å². The SMILES string of the molecule is CCN(CC)C(C)(CC)C(Cc1nc(C)cs1)NC. The Labute approximate surface area is 122 Å². The van der Waals surface area contributed by atoms with Crippen molar-refractivity contribution >= 4 is 11.3 Å². The Bertz CT molecular complexity index is 373. The molecule has 0 saturated carbocycles. The van der Waals surface area contributed by atoms with Crippen LogP contribution in [0.15, 0.2) is 5.38 Å². The Morgan fingerprint density at radius 3 is 2.37 bits per heavy atom. The number of nitrogens with one attached hydrogen (secondary N) is 1. The second kappa shape index (κ2) is 7.36. The van der Waals surface area contributed by atoms with E-state index in [1.807, 2.05) is 0 Å². The van der Waals surface area contributed by atoms with Crippen LogP contribution in [0.25, 0.3) is 0 Å². The summed E-state index contributed by atoms with van der Waals surface area (Å²) in [6, 6.07) is 0.433. The van der Waals surface area contributed by atoms with Gasteiger partial charge >= 0.3 is 0 Å². The Morgan fingerprint density at radius 2 is 2.00 bits per heavy atom. The summed E-state index contributed by atoms with van der Waals surface area (Å²) in [4.78, 5) is 7.18. The fraction of sp³-hybridized carbons (Fsp3) is 0.800. The first-order valence-corrected chi connectivity index (χ1v) is 8.23. The molecule has 19 heavy (non-hydrogen) atoms. The highest BCUT2D eigenvalue weighted by atomic mass is 32.1. The molecule has 0 aliphatic heterocycles. The summed E-state index contributed by atoms with van der Waals surface area (Å²) in [5.41, 5.74) is 1.31. The first-order valence-electron chi connectivity index (χ1n) is 7.35. The molecule has 0 fully saturated rings. The molecular formula is C15H29N3S. The molecule has 1 N–H and O–H groups in total. The van der Waals surface area contributed by atoms with E-state index >= 15 is 0 Å². The molecule has 0 bridgehead atoms. The summed E-state index contributed by atoms with van der Waals surface area (Å²) < 4.78 is 0. The molecule has 1 aromatic heterocycles. The molecule has 4 heteroatoms. The average Bonchev–Trinajstić information content (AvgIpc) is 2.82.